The molecule has 11 heavy (non-hydrogen) atoms. The maximum Gasteiger partial charge on any atom is 0.132 e. The van der Waals surface area contributed by atoms with Gasteiger partial charge in [-0.1, -0.05) is 0 Å². The fraction of sp³-hybridized carbons (Fsp3) is 0.875. The molecule has 0 aromatic carbocycles. The van der Waals surface area contributed by atoms with Crippen molar-refractivity contribution in [2.24, 2.45) is 0 Å². The number of ketones is 1. The Morgan fingerprint density at radius 3 is 3.00 bits per heavy atom. The Hall–Kier alpha value is -0.410. The maximum atomic E-state index is 10.6. The number of carbonyl (C=O) groups excluding carboxylic acids is 1. The summed E-state index contributed by atoms with van der Waals surface area (Å²) in [4.78, 5) is 10.6. The van der Waals surface area contributed by atoms with E-state index >= 15 is 0 Å². The third-order valence-corrected chi connectivity index (χ3v) is 2.06. The van der Waals surface area contributed by atoms with Crippen molar-refractivity contribution in [1.82, 2.24) is 5.32 Å². The molecule has 0 aromatic heterocycles. The van der Waals surface area contributed by atoms with Crippen molar-refractivity contribution >= 4 is 5.78 Å². The minimum Gasteiger partial charge on any atom is -0.391 e. The Morgan fingerprint density at radius 2 is 2.55 bits per heavy atom. The summed E-state index contributed by atoms with van der Waals surface area (Å²) in [6.45, 7) is 2.48. The monoisotopic (exact) mass is 157 g/mol. The summed E-state index contributed by atoms with van der Waals surface area (Å²) < 4.78 is 0. The molecule has 1 rings (SSSR count). The third-order valence-electron chi connectivity index (χ3n) is 2.06. The van der Waals surface area contributed by atoms with Gasteiger partial charge in [0.15, 0.2) is 0 Å². The molecule has 0 saturated carbocycles. The number of aliphatic hydroxyl groups excluding tert-OH is 1. The molecule has 0 spiro atoms. The van der Waals surface area contributed by atoms with Gasteiger partial charge in [0.05, 0.1) is 6.10 Å². The van der Waals surface area contributed by atoms with Gasteiger partial charge in [0.1, 0.15) is 5.78 Å². The van der Waals surface area contributed by atoms with Crippen LogP contribution in [0, 0.1) is 0 Å². The molecular weight excluding hydrogens is 142 g/mol. The summed E-state index contributed by atoms with van der Waals surface area (Å²) in [6, 6.07) is 0.152. The normalized spacial score (nSPS) is 26.9. The number of Topliss-reactive ketones (excluding diaryl/α,β-unsaturated/α-hetero) is 1. The number of carbonyl (C=O) groups is 1. The first kappa shape index (κ1) is 8.68. The first-order valence-electron chi connectivity index (χ1n) is 4.11. The molecule has 0 aromatic rings. The zero-order valence-corrected chi connectivity index (χ0v) is 6.84. The predicted octanol–water partition coefficient (Wildman–Crippen LogP) is 0.0784. The first-order chi connectivity index (χ1) is 5.20. The Balaban J connectivity index is 2.28. The van der Waals surface area contributed by atoms with E-state index in [1.165, 1.54) is 6.92 Å². The molecule has 64 valence electrons. The molecule has 1 aliphatic heterocycles. The maximum absolute atomic E-state index is 10.6. The van der Waals surface area contributed by atoms with E-state index in [4.69, 9.17) is 0 Å². The number of nitrogens with one attached hydrogen (secondary N) is 1. The van der Waals surface area contributed by atoms with E-state index in [-0.39, 0.29) is 18.2 Å². The SMILES string of the molecule is CC(=O)CC(O)C1CCCN1. The second-order valence-corrected chi connectivity index (χ2v) is 3.18. The molecule has 0 aliphatic carbocycles. The van der Waals surface area contributed by atoms with Crippen LogP contribution in [0.5, 0.6) is 0 Å². The molecule has 0 radical (unpaired) electrons. The average Bonchev–Trinajstić information content (AvgIpc) is 2.35. The Kier molecular flexibility index (Phi) is 3.02. The molecule has 3 nitrogen and oxygen atoms in total. The highest BCUT2D eigenvalue weighted by Gasteiger charge is 2.22. The van der Waals surface area contributed by atoms with Gasteiger partial charge in [-0.05, 0) is 26.3 Å². The van der Waals surface area contributed by atoms with E-state index in [0.717, 1.165) is 19.4 Å². The van der Waals surface area contributed by atoms with Gasteiger partial charge in [0.2, 0.25) is 0 Å². The van der Waals surface area contributed by atoms with Gasteiger partial charge in [-0.25, -0.2) is 0 Å². The Labute approximate surface area is 66.8 Å². The zero-order chi connectivity index (χ0) is 8.27. The topological polar surface area (TPSA) is 49.3 Å². The van der Waals surface area contributed by atoms with Crippen molar-refractivity contribution in [3.8, 4) is 0 Å². The van der Waals surface area contributed by atoms with Crippen LogP contribution in [0.4, 0.5) is 0 Å². The van der Waals surface area contributed by atoms with Crippen LogP contribution in [-0.2, 0) is 4.79 Å². The van der Waals surface area contributed by atoms with Crippen molar-refractivity contribution < 1.29 is 9.90 Å². The summed E-state index contributed by atoms with van der Waals surface area (Å²) in [6.07, 6.45) is 1.92. The highest BCUT2D eigenvalue weighted by Crippen LogP contribution is 2.11. The van der Waals surface area contributed by atoms with E-state index in [1.807, 2.05) is 0 Å². The summed E-state index contributed by atoms with van der Waals surface area (Å²) in [5.41, 5.74) is 0. The van der Waals surface area contributed by atoms with Crippen LogP contribution >= 0.6 is 0 Å². The molecule has 1 aliphatic rings. The molecule has 1 saturated heterocycles. The van der Waals surface area contributed by atoms with Gasteiger partial charge in [-0.2, -0.15) is 0 Å². The van der Waals surface area contributed by atoms with E-state index in [2.05, 4.69) is 5.32 Å². The van der Waals surface area contributed by atoms with Gasteiger partial charge in [0.25, 0.3) is 0 Å². The van der Waals surface area contributed by atoms with Crippen molar-refractivity contribution in [2.75, 3.05) is 6.54 Å². The van der Waals surface area contributed by atoms with Crippen LogP contribution in [0.15, 0.2) is 0 Å². The molecule has 1 heterocycles. The molecule has 0 amide bonds. The van der Waals surface area contributed by atoms with Crippen molar-refractivity contribution in [3.05, 3.63) is 0 Å². The van der Waals surface area contributed by atoms with Crippen LogP contribution in [0.25, 0.3) is 0 Å². The minimum absolute atomic E-state index is 0.0613. The lowest BCUT2D eigenvalue weighted by molar-refractivity contribution is -0.119. The van der Waals surface area contributed by atoms with Crippen LogP contribution in [0.3, 0.4) is 0 Å². The summed E-state index contributed by atoms with van der Waals surface area (Å²) in [5.74, 6) is 0.0613. The third kappa shape index (κ3) is 2.60. The van der Waals surface area contributed by atoms with Crippen LogP contribution in [0.2, 0.25) is 0 Å². The van der Waals surface area contributed by atoms with E-state index in [0.29, 0.717) is 0 Å². The van der Waals surface area contributed by atoms with Gasteiger partial charge in [0, 0.05) is 12.5 Å². The fourth-order valence-electron chi connectivity index (χ4n) is 1.48. The summed E-state index contributed by atoms with van der Waals surface area (Å²) in [5, 5.41) is 12.6. The molecule has 2 atom stereocenters. The van der Waals surface area contributed by atoms with E-state index < -0.39 is 6.10 Å². The van der Waals surface area contributed by atoms with Gasteiger partial charge < -0.3 is 10.4 Å². The van der Waals surface area contributed by atoms with Crippen LogP contribution in [-0.4, -0.2) is 29.6 Å². The number of rotatable bonds is 3. The quantitative estimate of drug-likeness (QED) is 0.610. The summed E-state index contributed by atoms with van der Waals surface area (Å²) >= 11 is 0. The van der Waals surface area contributed by atoms with Gasteiger partial charge in [-0.3, -0.25) is 4.79 Å². The highest BCUT2D eigenvalue weighted by atomic mass is 16.3. The predicted molar refractivity (Wildman–Crippen MR) is 42.3 cm³/mol. The number of aliphatic hydroxyl groups is 1. The summed E-state index contributed by atoms with van der Waals surface area (Å²) in [7, 11) is 0. The fourth-order valence-corrected chi connectivity index (χ4v) is 1.48. The second kappa shape index (κ2) is 3.83. The molecule has 1 fully saturated rings. The largest absolute Gasteiger partial charge is 0.391 e. The number of hydrogen-bond acceptors (Lipinski definition) is 3. The molecule has 2 unspecified atom stereocenters. The van der Waals surface area contributed by atoms with Gasteiger partial charge >= 0.3 is 0 Å². The van der Waals surface area contributed by atoms with E-state index in [9.17, 15) is 9.90 Å². The first-order valence-corrected chi connectivity index (χ1v) is 4.11. The Morgan fingerprint density at radius 1 is 1.82 bits per heavy atom. The molecule has 0 bridgehead atoms. The lowest BCUT2D eigenvalue weighted by Gasteiger charge is -2.16. The second-order valence-electron chi connectivity index (χ2n) is 3.18. The molecule has 2 N–H and O–H groups in total. The zero-order valence-electron chi connectivity index (χ0n) is 6.84. The lowest BCUT2D eigenvalue weighted by Crippen LogP contribution is -2.35. The van der Waals surface area contributed by atoms with Crippen molar-refractivity contribution in [1.29, 1.82) is 0 Å². The average molecular weight is 157 g/mol. The van der Waals surface area contributed by atoms with Crippen LogP contribution < -0.4 is 5.32 Å². The van der Waals surface area contributed by atoms with Gasteiger partial charge in [-0.15, -0.1) is 0 Å². The number of hydrogen-bond donors (Lipinski definition) is 2. The molecular formula is C8H15NO2. The Bertz CT molecular complexity index is 141. The lowest BCUT2D eigenvalue weighted by atomic mass is 10.0. The highest BCUT2D eigenvalue weighted by molar-refractivity contribution is 5.76. The smallest absolute Gasteiger partial charge is 0.132 e. The van der Waals surface area contributed by atoms with E-state index in [1.54, 1.807) is 0 Å². The minimum atomic E-state index is -0.477. The van der Waals surface area contributed by atoms with Crippen molar-refractivity contribution in [2.45, 2.75) is 38.3 Å². The standard InChI is InChI=1S/C8H15NO2/c1-6(10)5-8(11)7-3-2-4-9-7/h7-9,11H,2-5H2,1H3. The van der Waals surface area contributed by atoms with Crippen LogP contribution in [0.1, 0.15) is 26.2 Å². The molecule has 3 heteroatoms. The van der Waals surface area contributed by atoms with Crippen molar-refractivity contribution in [3.63, 3.8) is 0 Å².